The third-order valence-electron chi connectivity index (χ3n) is 3.50. The maximum absolute atomic E-state index is 12.2. The minimum Gasteiger partial charge on any atom is -0.339 e. The van der Waals surface area contributed by atoms with Crippen LogP contribution in [-0.2, 0) is 19.4 Å². The summed E-state index contributed by atoms with van der Waals surface area (Å²) in [6, 6.07) is -0.362. The van der Waals surface area contributed by atoms with Crippen molar-refractivity contribution in [3.05, 3.63) is 0 Å². The molecule has 1 unspecified atom stereocenters. The molecular formula is C11H18N2O4S. The van der Waals surface area contributed by atoms with E-state index in [1.807, 2.05) is 0 Å². The molecule has 2 amide bonds. The average Bonchev–Trinajstić information content (AvgIpc) is 2.71. The molecule has 1 atom stereocenters. The third kappa shape index (κ3) is 2.82. The molecule has 6 nitrogen and oxygen atoms in total. The normalized spacial score (nSPS) is 25.3. The van der Waals surface area contributed by atoms with Crippen LogP contribution in [0.15, 0.2) is 0 Å². The lowest BCUT2D eigenvalue weighted by Crippen LogP contribution is -2.44. The van der Waals surface area contributed by atoms with E-state index in [0.717, 1.165) is 12.7 Å². The first-order chi connectivity index (χ1) is 8.38. The van der Waals surface area contributed by atoms with Gasteiger partial charge in [0.05, 0.1) is 5.75 Å². The number of nitrogens with zero attached hydrogens (tertiary/aromatic N) is 2. The molecule has 18 heavy (non-hydrogen) atoms. The van der Waals surface area contributed by atoms with E-state index < -0.39 is 9.84 Å². The number of rotatable bonds is 3. The number of carbonyl (C=O) groups excluding carboxylic acids is 2. The van der Waals surface area contributed by atoms with Crippen molar-refractivity contribution in [2.45, 2.75) is 25.3 Å². The van der Waals surface area contributed by atoms with Crippen LogP contribution in [0.1, 0.15) is 19.3 Å². The number of sulfone groups is 1. The van der Waals surface area contributed by atoms with Crippen LogP contribution in [0.5, 0.6) is 0 Å². The van der Waals surface area contributed by atoms with Gasteiger partial charge in [0, 0.05) is 32.3 Å². The molecule has 0 bridgehead atoms. The minimum absolute atomic E-state index is 0.00713. The van der Waals surface area contributed by atoms with Gasteiger partial charge >= 0.3 is 0 Å². The van der Waals surface area contributed by atoms with Gasteiger partial charge < -0.3 is 9.80 Å². The first-order valence-electron chi connectivity index (χ1n) is 6.14. The number of hydrogen-bond donors (Lipinski definition) is 0. The van der Waals surface area contributed by atoms with E-state index in [4.69, 9.17) is 0 Å². The molecule has 0 radical (unpaired) electrons. The molecule has 2 aliphatic rings. The fourth-order valence-corrected chi connectivity index (χ4v) is 3.07. The Morgan fingerprint density at radius 2 is 2.00 bits per heavy atom. The Kier molecular flexibility index (Phi) is 3.61. The van der Waals surface area contributed by atoms with Gasteiger partial charge in [-0.15, -0.1) is 0 Å². The molecule has 2 fully saturated rings. The Balaban J connectivity index is 2.08. The predicted molar refractivity (Wildman–Crippen MR) is 65.6 cm³/mol. The number of carbonyl (C=O) groups is 2. The van der Waals surface area contributed by atoms with Gasteiger partial charge in [0.1, 0.15) is 15.9 Å². The van der Waals surface area contributed by atoms with Crippen LogP contribution >= 0.6 is 0 Å². The molecule has 102 valence electrons. The fraction of sp³-hybridized carbons (Fsp3) is 0.818. The van der Waals surface area contributed by atoms with Crippen molar-refractivity contribution in [2.24, 2.45) is 0 Å². The lowest BCUT2D eigenvalue weighted by molar-refractivity contribution is -0.139. The van der Waals surface area contributed by atoms with Crippen LogP contribution in [0.25, 0.3) is 0 Å². The van der Waals surface area contributed by atoms with Crippen molar-refractivity contribution < 1.29 is 18.0 Å². The van der Waals surface area contributed by atoms with Crippen molar-refractivity contribution in [3.63, 3.8) is 0 Å². The van der Waals surface area contributed by atoms with E-state index in [1.54, 1.807) is 4.90 Å². The first-order valence-corrected chi connectivity index (χ1v) is 8.20. The van der Waals surface area contributed by atoms with Crippen LogP contribution in [-0.4, -0.2) is 67.7 Å². The quantitative estimate of drug-likeness (QED) is 0.679. The fourth-order valence-electron chi connectivity index (χ4n) is 2.52. The van der Waals surface area contributed by atoms with E-state index in [-0.39, 0.29) is 30.2 Å². The molecule has 0 aromatic rings. The molecule has 2 aliphatic heterocycles. The summed E-state index contributed by atoms with van der Waals surface area (Å²) in [5.41, 5.74) is 0. The van der Waals surface area contributed by atoms with Crippen LogP contribution in [0.3, 0.4) is 0 Å². The summed E-state index contributed by atoms with van der Waals surface area (Å²) in [4.78, 5) is 27.2. The second kappa shape index (κ2) is 4.87. The molecule has 0 spiro atoms. The second-order valence-electron chi connectivity index (χ2n) is 4.95. The maximum atomic E-state index is 12.2. The second-order valence-corrected chi connectivity index (χ2v) is 7.21. The summed E-state index contributed by atoms with van der Waals surface area (Å²) in [7, 11) is -3.09. The Labute approximate surface area is 107 Å². The highest BCUT2D eigenvalue weighted by molar-refractivity contribution is 7.90. The lowest BCUT2D eigenvalue weighted by atomic mass is 10.2. The minimum atomic E-state index is -3.09. The molecular weight excluding hydrogens is 256 g/mol. The van der Waals surface area contributed by atoms with Crippen molar-refractivity contribution in [1.82, 2.24) is 9.80 Å². The van der Waals surface area contributed by atoms with Crippen molar-refractivity contribution in [3.8, 4) is 0 Å². The Morgan fingerprint density at radius 3 is 2.67 bits per heavy atom. The molecule has 0 aliphatic carbocycles. The van der Waals surface area contributed by atoms with Gasteiger partial charge in [0.25, 0.3) is 0 Å². The highest BCUT2D eigenvalue weighted by atomic mass is 32.2. The third-order valence-corrected chi connectivity index (χ3v) is 4.42. The monoisotopic (exact) mass is 274 g/mol. The van der Waals surface area contributed by atoms with Crippen molar-refractivity contribution >= 4 is 21.7 Å². The van der Waals surface area contributed by atoms with E-state index in [2.05, 4.69) is 0 Å². The lowest BCUT2D eigenvalue weighted by Gasteiger charge is -2.24. The van der Waals surface area contributed by atoms with E-state index in [9.17, 15) is 18.0 Å². The molecule has 7 heteroatoms. The molecule has 0 saturated carbocycles. The summed E-state index contributed by atoms with van der Waals surface area (Å²) >= 11 is 0. The molecule has 0 aromatic heterocycles. The summed E-state index contributed by atoms with van der Waals surface area (Å²) in [6.07, 6.45) is 3.00. The van der Waals surface area contributed by atoms with Crippen molar-refractivity contribution in [1.29, 1.82) is 0 Å². The zero-order valence-corrected chi connectivity index (χ0v) is 11.3. The first kappa shape index (κ1) is 13.3. The topological polar surface area (TPSA) is 74.8 Å². The van der Waals surface area contributed by atoms with E-state index in [1.165, 1.54) is 4.90 Å². The largest absolute Gasteiger partial charge is 0.339 e. The highest BCUT2D eigenvalue weighted by Crippen LogP contribution is 2.23. The van der Waals surface area contributed by atoms with Gasteiger partial charge in [0.2, 0.25) is 11.8 Å². The zero-order valence-electron chi connectivity index (χ0n) is 10.5. The van der Waals surface area contributed by atoms with E-state index in [0.29, 0.717) is 25.9 Å². The highest BCUT2D eigenvalue weighted by Gasteiger charge is 2.39. The van der Waals surface area contributed by atoms with Crippen LogP contribution in [0, 0.1) is 0 Å². The summed E-state index contributed by atoms with van der Waals surface area (Å²) in [6.45, 7) is 1.17. The zero-order chi connectivity index (χ0) is 13.3. The number of amides is 2. The molecule has 2 rings (SSSR count). The Bertz CT molecular complexity index is 460. The summed E-state index contributed by atoms with van der Waals surface area (Å²) < 4.78 is 22.3. The number of hydrogen-bond acceptors (Lipinski definition) is 4. The van der Waals surface area contributed by atoms with Gasteiger partial charge in [-0.25, -0.2) is 8.42 Å². The molecule has 0 aromatic carbocycles. The van der Waals surface area contributed by atoms with Gasteiger partial charge in [-0.05, 0) is 12.8 Å². The van der Waals surface area contributed by atoms with Crippen LogP contribution < -0.4 is 0 Å². The Morgan fingerprint density at radius 1 is 1.28 bits per heavy atom. The SMILES string of the molecule is CS(=O)(=O)CCN1CCC(=O)N2CCCC2C1=O. The van der Waals surface area contributed by atoms with Crippen LogP contribution in [0.4, 0.5) is 0 Å². The predicted octanol–water partition coefficient (Wildman–Crippen LogP) is -0.746. The van der Waals surface area contributed by atoms with Gasteiger partial charge in [-0.1, -0.05) is 0 Å². The average molecular weight is 274 g/mol. The van der Waals surface area contributed by atoms with E-state index >= 15 is 0 Å². The smallest absolute Gasteiger partial charge is 0.245 e. The number of fused-ring (bicyclic) bond motifs is 1. The summed E-state index contributed by atoms with van der Waals surface area (Å²) in [5, 5.41) is 0. The van der Waals surface area contributed by atoms with Gasteiger partial charge in [-0.2, -0.15) is 0 Å². The maximum Gasteiger partial charge on any atom is 0.245 e. The van der Waals surface area contributed by atoms with Crippen molar-refractivity contribution in [2.75, 3.05) is 31.6 Å². The van der Waals surface area contributed by atoms with Gasteiger partial charge in [0.15, 0.2) is 0 Å². The molecule has 0 N–H and O–H groups in total. The molecule has 2 saturated heterocycles. The van der Waals surface area contributed by atoms with Crippen LogP contribution in [0.2, 0.25) is 0 Å². The molecule has 2 heterocycles. The standard InChI is InChI=1S/C11H18N2O4S/c1-18(16,17)8-7-12-6-4-10(14)13-5-2-3-9(13)11(12)15/h9H,2-8H2,1H3. The van der Waals surface area contributed by atoms with Gasteiger partial charge in [-0.3, -0.25) is 9.59 Å². The Hall–Kier alpha value is -1.11. The summed E-state index contributed by atoms with van der Waals surface area (Å²) in [5.74, 6) is -0.130.